The summed E-state index contributed by atoms with van der Waals surface area (Å²) in [6.07, 6.45) is 1.39. The van der Waals surface area contributed by atoms with Crippen molar-refractivity contribution < 1.29 is 18.7 Å². The predicted molar refractivity (Wildman–Crippen MR) is 59.1 cm³/mol. The molecule has 0 bridgehead atoms. The highest BCUT2D eigenvalue weighted by Crippen LogP contribution is 2.46. The van der Waals surface area contributed by atoms with Gasteiger partial charge in [0.1, 0.15) is 11.6 Å². The summed E-state index contributed by atoms with van der Waals surface area (Å²) in [5.74, 6) is -3.09. The molecule has 5 heteroatoms. The fraction of sp³-hybridized carbons (Fsp3) is 0.417. The molecule has 1 aromatic carbocycles. The van der Waals surface area contributed by atoms with Gasteiger partial charge < -0.3 is 5.11 Å². The smallest absolute Gasteiger partial charge is 0.303 e. The predicted octanol–water partition coefficient (Wildman–Crippen LogP) is 3.59. The van der Waals surface area contributed by atoms with Gasteiger partial charge in [-0.05, 0) is 30.9 Å². The van der Waals surface area contributed by atoms with Gasteiger partial charge in [-0.25, -0.2) is 8.78 Å². The molecule has 1 saturated carbocycles. The molecule has 1 N–H and O–H groups in total. The van der Waals surface area contributed by atoms with Crippen LogP contribution in [-0.4, -0.2) is 11.1 Å². The van der Waals surface area contributed by atoms with Crippen LogP contribution in [0.5, 0.6) is 0 Å². The van der Waals surface area contributed by atoms with E-state index < -0.39 is 23.5 Å². The summed E-state index contributed by atoms with van der Waals surface area (Å²) in [5, 5.41) is 8.77. The quantitative estimate of drug-likeness (QED) is 0.898. The number of aliphatic carboxylic acids is 1. The minimum Gasteiger partial charge on any atom is -0.481 e. The molecule has 1 unspecified atom stereocenters. The maximum Gasteiger partial charge on any atom is 0.303 e. The second-order valence-electron chi connectivity index (χ2n) is 4.32. The Labute approximate surface area is 102 Å². The van der Waals surface area contributed by atoms with Gasteiger partial charge >= 0.3 is 5.97 Å². The van der Waals surface area contributed by atoms with Crippen LogP contribution in [0.2, 0.25) is 5.02 Å². The van der Waals surface area contributed by atoms with E-state index in [0.717, 1.165) is 25.0 Å². The van der Waals surface area contributed by atoms with Crippen LogP contribution >= 0.6 is 11.6 Å². The molecule has 0 saturated heterocycles. The summed E-state index contributed by atoms with van der Waals surface area (Å²) >= 11 is 5.53. The third kappa shape index (κ3) is 2.75. The molecule has 1 aromatic rings. The largest absolute Gasteiger partial charge is 0.481 e. The Morgan fingerprint density at radius 2 is 1.94 bits per heavy atom. The maximum atomic E-state index is 13.7. The van der Waals surface area contributed by atoms with Gasteiger partial charge in [-0.1, -0.05) is 11.6 Å². The van der Waals surface area contributed by atoms with Crippen molar-refractivity contribution in [2.45, 2.75) is 25.2 Å². The summed E-state index contributed by atoms with van der Waals surface area (Å²) in [7, 11) is 0. The molecule has 1 aliphatic carbocycles. The van der Waals surface area contributed by atoms with Crippen LogP contribution in [0.15, 0.2) is 12.1 Å². The third-order valence-electron chi connectivity index (χ3n) is 3.00. The van der Waals surface area contributed by atoms with Crippen LogP contribution in [-0.2, 0) is 4.79 Å². The molecule has 0 spiro atoms. The molecule has 1 aliphatic rings. The highest BCUT2D eigenvalue weighted by atomic mass is 35.5. The average molecular weight is 261 g/mol. The number of hydrogen-bond donors (Lipinski definition) is 1. The molecule has 92 valence electrons. The number of halogens is 3. The molecule has 2 nitrogen and oxygen atoms in total. The summed E-state index contributed by atoms with van der Waals surface area (Å²) in [6.45, 7) is 0. The first-order valence-electron chi connectivity index (χ1n) is 5.35. The monoisotopic (exact) mass is 260 g/mol. The van der Waals surface area contributed by atoms with Crippen LogP contribution < -0.4 is 0 Å². The van der Waals surface area contributed by atoms with Crippen molar-refractivity contribution in [3.8, 4) is 0 Å². The summed E-state index contributed by atoms with van der Waals surface area (Å²) in [5.41, 5.74) is -0.140. The lowest BCUT2D eigenvalue weighted by molar-refractivity contribution is -0.137. The molecule has 0 amide bonds. The Kier molecular flexibility index (Phi) is 3.33. The number of carboxylic acids is 1. The van der Waals surface area contributed by atoms with Crippen molar-refractivity contribution in [1.29, 1.82) is 0 Å². The van der Waals surface area contributed by atoms with E-state index in [0.29, 0.717) is 0 Å². The topological polar surface area (TPSA) is 37.3 Å². The lowest BCUT2D eigenvalue weighted by atomic mass is 9.90. The molecule has 0 aliphatic heterocycles. The Morgan fingerprint density at radius 1 is 1.41 bits per heavy atom. The average Bonchev–Trinajstić information content (AvgIpc) is 2.96. The summed E-state index contributed by atoms with van der Waals surface area (Å²) in [4.78, 5) is 10.7. The van der Waals surface area contributed by atoms with Gasteiger partial charge in [-0.2, -0.15) is 0 Å². The molecular weight excluding hydrogens is 250 g/mol. The zero-order chi connectivity index (χ0) is 12.6. The van der Waals surface area contributed by atoms with Gasteiger partial charge in [0.15, 0.2) is 0 Å². The Balaban J connectivity index is 2.38. The van der Waals surface area contributed by atoms with E-state index in [-0.39, 0.29) is 22.9 Å². The van der Waals surface area contributed by atoms with Crippen molar-refractivity contribution >= 4 is 17.6 Å². The van der Waals surface area contributed by atoms with E-state index in [9.17, 15) is 13.6 Å². The lowest BCUT2D eigenvalue weighted by Gasteiger charge is -2.16. The van der Waals surface area contributed by atoms with Crippen molar-refractivity contribution in [2.24, 2.45) is 5.92 Å². The van der Waals surface area contributed by atoms with Crippen LogP contribution in [0.4, 0.5) is 8.78 Å². The van der Waals surface area contributed by atoms with E-state index in [1.54, 1.807) is 0 Å². The van der Waals surface area contributed by atoms with Crippen molar-refractivity contribution in [2.75, 3.05) is 0 Å². The highest BCUT2D eigenvalue weighted by molar-refractivity contribution is 6.30. The number of carbonyl (C=O) groups is 1. The van der Waals surface area contributed by atoms with Gasteiger partial charge in [-0.15, -0.1) is 0 Å². The zero-order valence-electron chi connectivity index (χ0n) is 8.92. The van der Waals surface area contributed by atoms with Gasteiger partial charge in [0.05, 0.1) is 6.42 Å². The number of hydrogen-bond acceptors (Lipinski definition) is 1. The van der Waals surface area contributed by atoms with Crippen molar-refractivity contribution in [1.82, 2.24) is 0 Å². The lowest BCUT2D eigenvalue weighted by Crippen LogP contribution is -2.12. The van der Waals surface area contributed by atoms with Crippen molar-refractivity contribution in [3.05, 3.63) is 34.4 Å². The zero-order valence-corrected chi connectivity index (χ0v) is 9.68. The normalized spacial score (nSPS) is 16.9. The molecule has 2 rings (SSSR count). The minimum atomic E-state index is -1.05. The van der Waals surface area contributed by atoms with E-state index in [4.69, 9.17) is 16.7 Å². The number of benzene rings is 1. The number of rotatable bonds is 4. The van der Waals surface area contributed by atoms with Crippen LogP contribution in [0, 0.1) is 17.6 Å². The molecule has 1 atom stereocenters. The number of carboxylic acid groups (broad SMARTS) is 1. The Hall–Kier alpha value is -1.16. The minimum absolute atomic E-state index is 0.0198. The van der Waals surface area contributed by atoms with E-state index in [2.05, 4.69) is 0 Å². The molecular formula is C12H11ClF2O2. The molecule has 0 radical (unpaired) electrons. The Bertz CT molecular complexity index is 435. The summed E-state index contributed by atoms with van der Waals surface area (Å²) < 4.78 is 27.4. The highest BCUT2D eigenvalue weighted by Gasteiger charge is 2.37. The SMILES string of the molecule is O=C(O)CC(c1c(F)cc(Cl)cc1F)C1CC1. The van der Waals surface area contributed by atoms with Crippen LogP contribution in [0.25, 0.3) is 0 Å². The van der Waals surface area contributed by atoms with Crippen LogP contribution in [0.1, 0.15) is 30.7 Å². The first kappa shape index (κ1) is 12.3. The maximum absolute atomic E-state index is 13.7. The van der Waals surface area contributed by atoms with Gasteiger partial charge in [0.25, 0.3) is 0 Å². The first-order chi connectivity index (χ1) is 7.99. The Morgan fingerprint density at radius 3 is 2.35 bits per heavy atom. The second kappa shape index (κ2) is 4.61. The van der Waals surface area contributed by atoms with Gasteiger partial charge in [-0.3, -0.25) is 4.79 Å². The first-order valence-corrected chi connectivity index (χ1v) is 5.73. The van der Waals surface area contributed by atoms with Crippen LogP contribution in [0.3, 0.4) is 0 Å². The second-order valence-corrected chi connectivity index (χ2v) is 4.76. The van der Waals surface area contributed by atoms with E-state index >= 15 is 0 Å². The summed E-state index contributed by atoms with van der Waals surface area (Å²) in [6, 6.07) is 2.05. The van der Waals surface area contributed by atoms with Crippen molar-refractivity contribution in [3.63, 3.8) is 0 Å². The van der Waals surface area contributed by atoms with Gasteiger partial charge in [0.2, 0.25) is 0 Å². The third-order valence-corrected chi connectivity index (χ3v) is 3.22. The molecule has 1 fully saturated rings. The fourth-order valence-electron chi connectivity index (χ4n) is 2.10. The fourth-order valence-corrected chi connectivity index (χ4v) is 2.29. The van der Waals surface area contributed by atoms with E-state index in [1.807, 2.05) is 0 Å². The molecule has 0 heterocycles. The standard InChI is InChI=1S/C12H11ClF2O2/c13-7-3-9(14)12(10(15)4-7)8(5-11(16)17)6-1-2-6/h3-4,6,8H,1-2,5H2,(H,16,17). The molecule has 17 heavy (non-hydrogen) atoms. The van der Waals surface area contributed by atoms with Gasteiger partial charge in [0, 0.05) is 16.5 Å². The molecule has 0 aromatic heterocycles. The van der Waals surface area contributed by atoms with E-state index in [1.165, 1.54) is 0 Å².